The Bertz CT molecular complexity index is 1160. The molecule has 1 heterocycles. The van der Waals surface area contributed by atoms with Crippen LogP contribution in [-0.4, -0.2) is 24.3 Å². The second-order valence-electron chi connectivity index (χ2n) is 7.10. The molecule has 0 aliphatic heterocycles. The van der Waals surface area contributed by atoms with E-state index in [4.69, 9.17) is 11.6 Å². The van der Waals surface area contributed by atoms with Gasteiger partial charge in [-0.1, -0.05) is 30.2 Å². The van der Waals surface area contributed by atoms with Crippen molar-refractivity contribution in [3.63, 3.8) is 0 Å². The molecule has 2 aromatic carbocycles. The van der Waals surface area contributed by atoms with Crippen LogP contribution in [0.25, 0.3) is 0 Å². The van der Waals surface area contributed by atoms with Crippen molar-refractivity contribution in [1.82, 2.24) is 9.97 Å². The Kier molecular flexibility index (Phi) is 5.44. The molecule has 4 rings (SSSR count). The average Bonchev–Trinajstić information content (AvgIpc) is 2.68. The lowest BCUT2D eigenvalue weighted by Crippen LogP contribution is -2.46. The molecule has 9 heteroatoms. The van der Waals surface area contributed by atoms with E-state index in [0.717, 1.165) is 24.8 Å². The van der Waals surface area contributed by atoms with E-state index in [1.54, 1.807) is 24.3 Å². The second-order valence-corrected chi connectivity index (χ2v) is 9.22. The number of anilines is 2. The summed E-state index contributed by atoms with van der Waals surface area (Å²) in [5.74, 6) is -0.134. The van der Waals surface area contributed by atoms with Gasteiger partial charge in [-0.05, 0) is 60.9 Å². The molecular weight excluding hydrogens is 424 g/mol. The van der Waals surface area contributed by atoms with E-state index in [0.29, 0.717) is 10.7 Å². The van der Waals surface area contributed by atoms with Gasteiger partial charge in [0.2, 0.25) is 11.9 Å². The van der Waals surface area contributed by atoms with E-state index >= 15 is 0 Å². The van der Waals surface area contributed by atoms with Crippen LogP contribution in [0.15, 0.2) is 71.9 Å². The molecule has 1 amide bonds. The van der Waals surface area contributed by atoms with Crippen LogP contribution < -0.4 is 10.0 Å². The summed E-state index contributed by atoms with van der Waals surface area (Å²) in [5.41, 5.74) is 0.801. The zero-order valence-corrected chi connectivity index (χ0v) is 17.4. The number of rotatable bonds is 6. The number of sulfonamides is 1. The van der Waals surface area contributed by atoms with E-state index in [9.17, 15) is 13.2 Å². The zero-order chi connectivity index (χ0) is 21.2. The summed E-state index contributed by atoms with van der Waals surface area (Å²) in [5, 5.41) is 3.50. The van der Waals surface area contributed by atoms with Gasteiger partial charge in [-0.15, -0.1) is 0 Å². The largest absolute Gasteiger partial charge is 0.325 e. The lowest BCUT2D eigenvalue weighted by atomic mass is 9.64. The van der Waals surface area contributed by atoms with Crippen molar-refractivity contribution < 1.29 is 13.2 Å². The topological polar surface area (TPSA) is 101 Å². The summed E-state index contributed by atoms with van der Waals surface area (Å²) < 4.78 is 27.3. The molecule has 0 unspecified atom stereocenters. The van der Waals surface area contributed by atoms with Gasteiger partial charge in [0, 0.05) is 23.1 Å². The summed E-state index contributed by atoms with van der Waals surface area (Å²) in [6.45, 7) is 0. The van der Waals surface area contributed by atoms with Crippen molar-refractivity contribution in [3.8, 4) is 0 Å². The van der Waals surface area contributed by atoms with Gasteiger partial charge in [0.15, 0.2) is 0 Å². The fraction of sp³-hybridized carbons (Fsp3) is 0.190. The smallest absolute Gasteiger partial charge is 0.264 e. The lowest BCUT2D eigenvalue weighted by Gasteiger charge is -2.40. The number of halogens is 1. The Hall–Kier alpha value is -2.97. The van der Waals surface area contributed by atoms with Crippen LogP contribution in [0, 0.1) is 0 Å². The Morgan fingerprint density at radius 2 is 1.70 bits per heavy atom. The van der Waals surface area contributed by atoms with Gasteiger partial charge < -0.3 is 5.32 Å². The third kappa shape index (κ3) is 4.01. The second kappa shape index (κ2) is 8.04. The van der Waals surface area contributed by atoms with Gasteiger partial charge in [-0.3, -0.25) is 4.79 Å². The van der Waals surface area contributed by atoms with Crippen LogP contribution in [0.2, 0.25) is 5.02 Å². The monoisotopic (exact) mass is 442 g/mol. The minimum Gasteiger partial charge on any atom is -0.325 e. The molecule has 7 nitrogen and oxygen atoms in total. The molecule has 30 heavy (non-hydrogen) atoms. The van der Waals surface area contributed by atoms with Crippen molar-refractivity contribution >= 4 is 39.2 Å². The number of nitrogens with one attached hydrogen (secondary N) is 2. The molecule has 0 atom stereocenters. The highest BCUT2D eigenvalue weighted by Gasteiger charge is 2.45. The van der Waals surface area contributed by atoms with Gasteiger partial charge in [0.25, 0.3) is 10.0 Å². The third-order valence-corrected chi connectivity index (χ3v) is 6.81. The molecule has 1 aromatic heterocycles. The molecule has 154 valence electrons. The van der Waals surface area contributed by atoms with Gasteiger partial charge in [-0.25, -0.2) is 23.1 Å². The molecule has 0 saturated heterocycles. The first-order chi connectivity index (χ1) is 14.4. The van der Waals surface area contributed by atoms with Crippen LogP contribution in [0.1, 0.15) is 24.8 Å². The molecule has 1 fully saturated rings. The average molecular weight is 443 g/mol. The van der Waals surface area contributed by atoms with Crippen LogP contribution >= 0.6 is 11.6 Å². The first-order valence-corrected chi connectivity index (χ1v) is 11.2. The van der Waals surface area contributed by atoms with Crippen molar-refractivity contribution in [1.29, 1.82) is 0 Å². The summed E-state index contributed by atoms with van der Waals surface area (Å²) in [7, 11) is -3.83. The van der Waals surface area contributed by atoms with E-state index in [1.165, 1.54) is 24.5 Å². The number of amides is 1. The molecule has 0 radical (unpaired) electrons. The third-order valence-electron chi connectivity index (χ3n) is 5.23. The highest BCUT2D eigenvalue weighted by atomic mass is 35.5. The van der Waals surface area contributed by atoms with E-state index in [1.807, 2.05) is 18.2 Å². The highest BCUT2D eigenvalue weighted by molar-refractivity contribution is 7.92. The van der Waals surface area contributed by atoms with E-state index in [-0.39, 0.29) is 16.8 Å². The standard InChI is InChI=1S/C21H19ClN4O3S/c22-16-5-1-4-15(14-16)21(10-2-11-21)19(27)25-17-6-8-18(9-7-17)30(28,29)26-20-23-12-3-13-24-20/h1,3-9,12-14H,2,10-11H2,(H,25,27)(H,23,24,26). The Labute approximate surface area is 179 Å². The summed E-state index contributed by atoms with van der Waals surface area (Å²) in [4.78, 5) is 20.8. The highest BCUT2D eigenvalue weighted by Crippen LogP contribution is 2.45. The Morgan fingerprint density at radius 3 is 2.30 bits per heavy atom. The number of nitrogens with zero attached hydrogens (tertiary/aromatic N) is 2. The number of benzene rings is 2. The van der Waals surface area contributed by atoms with Crippen LogP contribution in [0.4, 0.5) is 11.6 Å². The van der Waals surface area contributed by atoms with Gasteiger partial charge in [-0.2, -0.15) is 0 Å². The minimum absolute atomic E-state index is 0.0108. The molecule has 2 N–H and O–H groups in total. The summed E-state index contributed by atoms with van der Waals surface area (Å²) in [6.07, 6.45) is 5.34. The maximum absolute atomic E-state index is 13.1. The SMILES string of the molecule is O=C(Nc1ccc(S(=O)(=O)Nc2ncccn2)cc1)C1(c2cccc(Cl)c2)CCC1. The molecular formula is C21H19ClN4O3S. The maximum atomic E-state index is 13.1. The molecule has 0 bridgehead atoms. The Balaban J connectivity index is 1.50. The van der Waals surface area contributed by atoms with Crippen LogP contribution in [-0.2, 0) is 20.2 Å². The fourth-order valence-electron chi connectivity index (χ4n) is 3.46. The van der Waals surface area contributed by atoms with Gasteiger partial charge in [0.05, 0.1) is 10.3 Å². The van der Waals surface area contributed by atoms with Crippen molar-refractivity contribution in [3.05, 3.63) is 77.6 Å². The minimum atomic E-state index is -3.83. The normalized spacial score (nSPS) is 15.1. The number of hydrogen-bond acceptors (Lipinski definition) is 5. The maximum Gasteiger partial charge on any atom is 0.264 e. The molecule has 1 aliphatic rings. The predicted octanol–water partition coefficient (Wildman–Crippen LogP) is 3.99. The van der Waals surface area contributed by atoms with Crippen LogP contribution in [0.5, 0.6) is 0 Å². The summed E-state index contributed by atoms with van der Waals surface area (Å²) in [6, 6.07) is 14.9. The van der Waals surface area contributed by atoms with Gasteiger partial charge in [0.1, 0.15) is 0 Å². The number of hydrogen-bond donors (Lipinski definition) is 2. The van der Waals surface area contributed by atoms with Crippen molar-refractivity contribution in [2.45, 2.75) is 29.6 Å². The molecule has 1 aliphatic carbocycles. The molecule has 0 spiro atoms. The fourth-order valence-corrected chi connectivity index (χ4v) is 4.61. The van der Waals surface area contributed by atoms with Gasteiger partial charge >= 0.3 is 0 Å². The predicted molar refractivity (Wildman–Crippen MR) is 115 cm³/mol. The van der Waals surface area contributed by atoms with E-state index in [2.05, 4.69) is 20.0 Å². The van der Waals surface area contributed by atoms with Crippen molar-refractivity contribution in [2.75, 3.05) is 10.0 Å². The summed E-state index contributed by atoms with van der Waals surface area (Å²) >= 11 is 6.11. The molecule has 1 saturated carbocycles. The number of carbonyl (C=O) groups is 1. The number of aromatic nitrogens is 2. The first-order valence-electron chi connectivity index (χ1n) is 9.36. The Morgan fingerprint density at radius 1 is 1.00 bits per heavy atom. The zero-order valence-electron chi connectivity index (χ0n) is 15.9. The van der Waals surface area contributed by atoms with E-state index < -0.39 is 15.4 Å². The van der Waals surface area contributed by atoms with Crippen molar-refractivity contribution in [2.24, 2.45) is 0 Å². The number of carbonyl (C=O) groups excluding carboxylic acids is 1. The first kappa shape index (κ1) is 20.3. The van der Waals surface area contributed by atoms with Crippen LogP contribution in [0.3, 0.4) is 0 Å². The molecule has 3 aromatic rings. The quantitative estimate of drug-likeness (QED) is 0.601. The lowest BCUT2D eigenvalue weighted by molar-refractivity contribution is -0.124.